The Morgan fingerprint density at radius 2 is 1.57 bits per heavy atom. The van der Waals surface area contributed by atoms with Gasteiger partial charge in [-0.2, -0.15) is 0 Å². The molecule has 0 aliphatic heterocycles. The van der Waals surface area contributed by atoms with Gasteiger partial charge in [-0.3, -0.25) is 0 Å². The van der Waals surface area contributed by atoms with Gasteiger partial charge in [0.15, 0.2) is 7.05 Å². The molecule has 0 saturated carbocycles. The van der Waals surface area contributed by atoms with Gasteiger partial charge in [0.25, 0.3) is 0 Å². The molecule has 0 fully saturated rings. The average molecular weight is 393 g/mol. The number of aryl methyl sites for hydroxylation is 2. The van der Waals surface area contributed by atoms with Crippen LogP contribution in [0.25, 0.3) is 33.8 Å². The fourth-order valence-electron chi connectivity index (χ4n) is 4.29. The summed E-state index contributed by atoms with van der Waals surface area (Å²) in [5, 5.41) is 2.54. The van der Waals surface area contributed by atoms with Crippen molar-refractivity contribution in [2.45, 2.75) is 6.92 Å². The molecule has 0 aliphatic rings. The van der Waals surface area contributed by atoms with Gasteiger partial charge in [-0.1, -0.05) is 42.5 Å². The Morgan fingerprint density at radius 3 is 2.27 bits per heavy atom. The van der Waals surface area contributed by atoms with Crippen molar-refractivity contribution in [2.75, 3.05) is 19.0 Å². The topological polar surface area (TPSA) is 11.5 Å². The third kappa shape index (κ3) is 2.94. The Kier molecular flexibility index (Phi) is 4.32. The number of benzene rings is 3. The third-order valence-electron chi connectivity index (χ3n) is 5.89. The molecule has 2 heterocycles. The molecular weight excluding hydrogens is 366 g/mol. The van der Waals surface area contributed by atoms with Gasteiger partial charge in [0.05, 0.1) is 0 Å². The molecule has 0 saturated heterocycles. The fourth-order valence-corrected chi connectivity index (χ4v) is 4.29. The summed E-state index contributed by atoms with van der Waals surface area (Å²) in [6.45, 7) is 2.16. The lowest BCUT2D eigenvalue weighted by Crippen LogP contribution is -2.36. The molecule has 0 N–H and O–H groups in total. The van der Waals surface area contributed by atoms with Crippen LogP contribution in [0.4, 0.5) is 5.69 Å². The van der Waals surface area contributed by atoms with Crippen LogP contribution in [0.2, 0.25) is 0 Å². The molecule has 5 aromatic rings. The van der Waals surface area contributed by atoms with E-state index in [1.54, 1.807) is 0 Å². The molecule has 0 bridgehead atoms. The van der Waals surface area contributed by atoms with Crippen molar-refractivity contribution in [1.82, 2.24) is 4.52 Å². The summed E-state index contributed by atoms with van der Waals surface area (Å²) in [6, 6.07) is 28.4. The Labute approximate surface area is 177 Å². The van der Waals surface area contributed by atoms with E-state index in [9.17, 15) is 0 Å². The molecule has 30 heavy (non-hydrogen) atoms. The van der Waals surface area contributed by atoms with E-state index in [-0.39, 0.29) is 0 Å². The molecule has 0 atom stereocenters. The first-order valence-corrected chi connectivity index (χ1v) is 10.3. The number of anilines is 1. The maximum atomic E-state index is 2.34. The van der Waals surface area contributed by atoms with Crippen molar-refractivity contribution in [3.05, 3.63) is 95.2 Å². The average Bonchev–Trinajstić information content (AvgIpc) is 3.24. The first-order chi connectivity index (χ1) is 14.5. The normalized spacial score (nSPS) is 12.2. The first-order valence-electron chi connectivity index (χ1n) is 10.3. The van der Waals surface area contributed by atoms with Gasteiger partial charge in [0.2, 0.25) is 5.69 Å². The van der Waals surface area contributed by atoms with Crippen LogP contribution in [0.15, 0.2) is 78.9 Å². The molecule has 3 nitrogen and oxygen atoms in total. The van der Waals surface area contributed by atoms with Gasteiger partial charge in [-0.05, 0) is 54.5 Å². The highest BCUT2D eigenvalue weighted by Gasteiger charge is 2.21. The maximum absolute atomic E-state index is 2.34. The van der Waals surface area contributed by atoms with Gasteiger partial charge in [-0.15, -0.1) is 9.20 Å². The smallest absolute Gasteiger partial charge is 0.239 e. The quantitative estimate of drug-likeness (QED) is 0.412. The van der Waals surface area contributed by atoms with Crippen LogP contribution in [-0.4, -0.2) is 18.6 Å². The highest BCUT2D eigenvalue weighted by molar-refractivity contribution is 5.90. The first kappa shape index (κ1) is 18.4. The van der Waals surface area contributed by atoms with Crippen molar-refractivity contribution in [3.8, 4) is 11.3 Å². The lowest BCUT2D eigenvalue weighted by atomic mass is 10.1. The molecule has 3 aromatic carbocycles. The number of hydrogen-bond donors (Lipinski definition) is 0. The SMILES string of the molecule is Cc1ccc2/c(=C/c3ccc(N(C)C)cc3)c3cc(-c4ccccc4)[n+](C)n3c2c1. The van der Waals surface area contributed by atoms with Gasteiger partial charge in [0.1, 0.15) is 11.0 Å². The summed E-state index contributed by atoms with van der Waals surface area (Å²) in [6.07, 6.45) is 2.31. The Bertz CT molecular complexity index is 1410. The Hall–Kier alpha value is -3.59. The zero-order chi connectivity index (χ0) is 20.8. The van der Waals surface area contributed by atoms with Crippen LogP contribution in [-0.2, 0) is 7.05 Å². The molecule has 0 amide bonds. The molecular formula is C27H26N3+. The summed E-state index contributed by atoms with van der Waals surface area (Å²) in [5.74, 6) is 0. The zero-order valence-corrected chi connectivity index (χ0v) is 17.9. The Morgan fingerprint density at radius 1 is 0.833 bits per heavy atom. The van der Waals surface area contributed by atoms with E-state index in [1.165, 1.54) is 49.7 Å². The van der Waals surface area contributed by atoms with Crippen molar-refractivity contribution in [2.24, 2.45) is 7.05 Å². The summed E-state index contributed by atoms with van der Waals surface area (Å²) in [5.41, 5.74) is 8.60. The van der Waals surface area contributed by atoms with E-state index >= 15 is 0 Å². The van der Waals surface area contributed by atoms with Crippen LogP contribution < -0.4 is 14.8 Å². The van der Waals surface area contributed by atoms with E-state index in [4.69, 9.17) is 0 Å². The second-order valence-corrected chi connectivity index (χ2v) is 8.18. The molecule has 0 aliphatic carbocycles. The summed E-state index contributed by atoms with van der Waals surface area (Å²) >= 11 is 0. The minimum absolute atomic E-state index is 1.21. The van der Waals surface area contributed by atoms with E-state index < -0.39 is 0 Å². The minimum Gasteiger partial charge on any atom is -0.378 e. The number of nitrogens with zero attached hydrogens (tertiary/aromatic N) is 3. The number of rotatable bonds is 3. The zero-order valence-electron chi connectivity index (χ0n) is 17.9. The van der Waals surface area contributed by atoms with Crippen LogP contribution in [0.1, 0.15) is 11.1 Å². The summed E-state index contributed by atoms with van der Waals surface area (Å²) in [4.78, 5) is 2.13. The monoisotopic (exact) mass is 392 g/mol. The van der Waals surface area contributed by atoms with Crippen LogP contribution in [0.5, 0.6) is 0 Å². The predicted octanol–water partition coefficient (Wildman–Crippen LogP) is 4.51. The van der Waals surface area contributed by atoms with Crippen molar-refractivity contribution in [3.63, 3.8) is 0 Å². The molecule has 148 valence electrons. The molecule has 0 unspecified atom stereocenters. The van der Waals surface area contributed by atoms with Gasteiger partial charge < -0.3 is 4.90 Å². The fraction of sp³-hybridized carbons (Fsp3) is 0.148. The lowest BCUT2D eigenvalue weighted by molar-refractivity contribution is -0.725. The number of aromatic nitrogens is 2. The van der Waals surface area contributed by atoms with Crippen molar-refractivity contribution < 1.29 is 4.68 Å². The van der Waals surface area contributed by atoms with Crippen LogP contribution in [0.3, 0.4) is 0 Å². The maximum Gasteiger partial charge on any atom is 0.239 e. The highest BCUT2D eigenvalue weighted by Crippen LogP contribution is 2.22. The summed E-state index contributed by atoms with van der Waals surface area (Å²) < 4.78 is 4.60. The third-order valence-corrected chi connectivity index (χ3v) is 5.89. The molecule has 0 spiro atoms. The van der Waals surface area contributed by atoms with Crippen LogP contribution >= 0.6 is 0 Å². The summed E-state index contributed by atoms with van der Waals surface area (Å²) in [7, 11) is 6.29. The van der Waals surface area contributed by atoms with Gasteiger partial charge in [-0.25, -0.2) is 0 Å². The minimum atomic E-state index is 1.21. The molecule has 2 aromatic heterocycles. The molecule has 5 rings (SSSR count). The number of fused-ring (bicyclic) bond motifs is 3. The molecule has 3 heteroatoms. The van der Waals surface area contributed by atoms with E-state index in [1.807, 2.05) is 0 Å². The second kappa shape index (κ2) is 7.03. The Balaban J connectivity index is 1.81. The van der Waals surface area contributed by atoms with Gasteiger partial charge in [0, 0.05) is 42.0 Å². The van der Waals surface area contributed by atoms with Gasteiger partial charge >= 0.3 is 0 Å². The number of hydrogen-bond acceptors (Lipinski definition) is 1. The predicted molar refractivity (Wildman–Crippen MR) is 126 cm³/mol. The standard InChI is InChI=1S/C27H26N3/c1-19-10-15-23-24(17-20-11-13-22(14-12-20)28(2)3)27-18-25(21-8-6-5-7-9-21)29(4)30(27)26(23)16-19/h5-18H,1-4H3/q+1. The van der Waals surface area contributed by atoms with Crippen molar-refractivity contribution >= 4 is 28.2 Å². The molecule has 0 radical (unpaired) electrons. The largest absolute Gasteiger partial charge is 0.378 e. The second-order valence-electron chi connectivity index (χ2n) is 8.18. The lowest BCUT2D eigenvalue weighted by Gasteiger charge is -2.11. The van der Waals surface area contributed by atoms with Crippen LogP contribution in [0, 0.1) is 6.92 Å². The highest BCUT2D eigenvalue weighted by atomic mass is 15.3. The van der Waals surface area contributed by atoms with Crippen molar-refractivity contribution in [1.29, 1.82) is 0 Å². The van der Waals surface area contributed by atoms with E-state index in [2.05, 4.69) is 127 Å². The van der Waals surface area contributed by atoms with E-state index in [0.717, 1.165) is 0 Å². The van der Waals surface area contributed by atoms with E-state index in [0.29, 0.717) is 0 Å².